The molecule has 6 nitrogen and oxygen atoms in total. The van der Waals surface area contributed by atoms with Crippen LogP contribution >= 0.6 is 0 Å². The molecule has 0 aliphatic carbocycles. The second-order valence-corrected chi connectivity index (χ2v) is 5.42. The van der Waals surface area contributed by atoms with E-state index >= 15 is 0 Å². The molecule has 122 valence electrons. The van der Waals surface area contributed by atoms with E-state index in [1.165, 1.54) is 0 Å². The number of tetrazole rings is 1. The van der Waals surface area contributed by atoms with Crippen LogP contribution in [0.15, 0.2) is 54.6 Å². The van der Waals surface area contributed by atoms with Gasteiger partial charge in [-0.25, -0.2) is 0 Å². The van der Waals surface area contributed by atoms with Crippen molar-refractivity contribution in [3.63, 3.8) is 0 Å². The first-order valence-corrected chi connectivity index (χ1v) is 7.71. The molecule has 1 atom stereocenters. The van der Waals surface area contributed by atoms with E-state index in [9.17, 15) is 4.79 Å². The highest BCUT2D eigenvalue weighted by Crippen LogP contribution is 2.22. The average molecular weight is 322 g/mol. The molecule has 0 fully saturated rings. The fraction of sp³-hybridized carbons (Fsp3) is 0.222. The van der Waals surface area contributed by atoms with E-state index in [0.717, 1.165) is 17.5 Å². The van der Waals surface area contributed by atoms with Gasteiger partial charge in [-0.3, -0.25) is 4.79 Å². The molecule has 1 N–H and O–H groups in total. The number of hydrogen-bond donors (Lipinski definition) is 1. The van der Waals surface area contributed by atoms with Gasteiger partial charge in [-0.1, -0.05) is 59.8 Å². The van der Waals surface area contributed by atoms with E-state index in [4.69, 9.17) is 4.74 Å². The van der Waals surface area contributed by atoms with Crippen LogP contribution in [-0.4, -0.2) is 33.5 Å². The van der Waals surface area contributed by atoms with Crippen LogP contribution in [0.4, 0.5) is 0 Å². The van der Waals surface area contributed by atoms with Crippen molar-refractivity contribution in [1.29, 1.82) is 0 Å². The Labute approximate surface area is 139 Å². The zero-order valence-electron chi connectivity index (χ0n) is 13.3. The summed E-state index contributed by atoms with van der Waals surface area (Å²) in [6.07, 6.45) is 0.926. The van der Waals surface area contributed by atoms with Gasteiger partial charge in [0.25, 0.3) is 0 Å². The number of H-pyrrole nitrogens is 1. The van der Waals surface area contributed by atoms with Crippen LogP contribution in [-0.2, 0) is 17.6 Å². The summed E-state index contributed by atoms with van der Waals surface area (Å²) in [5.74, 6) is 0.644. The lowest BCUT2D eigenvalue weighted by Gasteiger charge is -2.15. The molecule has 1 aromatic heterocycles. The molecule has 0 aliphatic rings. The third-order valence-electron chi connectivity index (χ3n) is 3.84. The van der Waals surface area contributed by atoms with E-state index in [1.807, 2.05) is 42.5 Å². The van der Waals surface area contributed by atoms with Crippen LogP contribution in [0.2, 0.25) is 0 Å². The summed E-state index contributed by atoms with van der Waals surface area (Å²) in [4.78, 5) is 12.6. The third-order valence-corrected chi connectivity index (χ3v) is 3.84. The first kappa shape index (κ1) is 16.0. The fourth-order valence-corrected chi connectivity index (χ4v) is 2.55. The lowest BCUT2D eigenvalue weighted by Crippen LogP contribution is -2.14. The van der Waals surface area contributed by atoms with Crippen molar-refractivity contribution in [3.05, 3.63) is 77.1 Å². The van der Waals surface area contributed by atoms with Gasteiger partial charge in [0.2, 0.25) is 0 Å². The summed E-state index contributed by atoms with van der Waals surface area (Å²) in [5, 5.41) is 13.9. The highest BCUT2D eigenvalue weighted by atomic mass is 16.5. The number of Topliss-reactive ketones (excluding diaryl/α,β-unsaturated/α-hetero) is 1. The Bertz CT molecular complexity index is 771. The van der Waals surface area contributed by atoms with Crippen LogP contribution in [0.5, 0.6) is 0 Å². The zero-order chi connectivity index (χ0) is 16.8. The molecule has 1 heterocycles. The van der Waals surface area contributed by atoms with Gasteiger partial charge in [0.15, 0.2) is 11.6 Å². The second kappa shape index (κ2) is 7.61. The van der Waals surface area contributed by atoms with Gasteiger partial charge in [-0.05, 0) is 17.5 Å². The van der Waals surface area contributed by atoms with E-state index in [1.54, 1.807) is 19.2 Å². The van der Waals surface area contributed by atoms with Gasteiger partial charge in [-0.2, -0.15) is 5.21 Å². The SMILES string of the molecule is COC(C(=O)c1ccccc1)c1ccc(CCc2nn[nH]n2)cc1. The van der Waals surface area contributed by atoms with E-state index in [0.29, 0.717) is 17.8 Å². The van der Waals surface area contributed by atoms with Crippen LogP contribution in [0, 0.1) is 0 Å². The molecule has 0 amide bonds. The van der Waals surface area contributed by atoms with Gasteiger partial charge in [0.05, 0.1) is 0 Å². The highest BCUT2D eigenvalue weighted by Gasteiger charge is 2.21. The van der Waals surface area contributed by atoms with Crippen molar-refractivity contribution in [1.82, 2.24) is 20.6 Å². The second-order valence-electron chi connectivity index (χ2n) is 5.42. The van der Waals surface area contributed by atoms with Crippen LogP contribution < -0.4 is 0 Å². The smallest absolute Gasteiger partial charge is 0.196 e. The van der Waals surface area contributed by atoms with Crippen molar-refractivity contribution in [2.24, 2.45) is 0 Å². The number of carbonyl (C=O) groups excluding carboxylic acids is 1. The molecule has 3 aromatic rings. The van der Waals surface area contributed by atoms with E-state index in [-0.39, 0.29) is 5.78 Å². The molecular formula is C18H18N4O2. The Hall–Kier alpha value is -2.86. The number of carbonyl (C=O) groups is 1. The van der Waals surface area contributed by atoms with Gasteiger partial charge >= 0.3 is 0 Å². The Kier molecular flexibility index (Phi) is 5.08. The molecule has 0 bridgehead atoms. The van der Waals surface area contributed by atoms with Crippen LogP contribution in [0.3, 0.4) is 0 Å². The summed E-state index contributed by atoms with van der Waals surface area (Å²) < 4.78 is 5.43. The van der Waals surface area contributed by atoms with Crippen LogP contribution in [0.25, 0.3) is 0 Å². The summed E-state index contributed by atoms with van der Waals surface area (Å²) in [5.41, 5.74) is 2.63. The largest absolute Gasteiger partial charge is 0.369 e. The van der Waals surface area contributed by atoms with Gasteiger partial charge in [-0.15, -0.1) is 10.2 Å². The fourth-order valence-electron chi connectivity index (χ4n) is 2.55. The quantitative estimate of drug-likeness (QED) is 0.676. The average Bonchev–Trinajstić information content (AvgIpc) is 3.16. The minimum absolute atomic E-state index is 0.0438. The predicted molar refractivity (Wildman–Crippen MR) is 88.6 cm³/mol. The standard InChI is InChI=1S/C18H18N4O2/c1-24-18(17(23)14-5-3-2-4-6-14)15-10-7-13(8-11-15)9-12-16-19-21-22-20-16/h2-8,10-11,18H,9,12H2,1H3,(H,19,20,21,22). The molecule has 0 radical (unpaired) electrons. The Morgan fingerprint density at radius 1 is 1.08 bits per heavy atom. The number of aryl methyl sites for hydroxylation is 2. The van der Waals surface area contributed by atoms with Gasteiger partial charge in [0.1, 0.15) is 6.10 Å². The van der Waals surface area contributed by atoms with Crippen molar-refractivity contribution in [3.8, 4) is 0 Å². The van der Waals surface area contributed by atoms with E-state index < -0.39 is 6.10 Å². The first-order chi connectivity index (χ1) is 11.8. The van der Waals surface area contributed by atoms with Crippen molar-refractivity contribution in [2.45, 2.75) is 18.9 Å². The normalized spacial score (nSPS) is 12.0. The number of ketones is 1. The number of benzene rings is 2. The summed E-state index contributed by atoms with van der Waals surface area (Å²) in [6, 6.07) is 17.0. The number of nitrogens with one attached hydrogen (secondary N) is 1. The maximum atomic E-state index is 12.6. The van der Waals surface area contributed by atoms with Crippen molar-refractivity contribution in [2.75, 3.05) is 7.11 Å². The Balaban J connectivity index is 1.70. The molecule has 6 heteroatoms. The third kappa shape index (κ3) is 3.72. The van der Waals surface area contributed by atoms with Crippen molar-refractivity contribution < 1.29 is 9.53 Å². The monoisotopic (exact) mass is 322 g/mol. The highest BCUT2D eigenvalue weighted by molar-refractivity contribution is 6.00. The maximum Gasteiger partial charge on any atom is 0.196 e. The predicted octanol–water partition coefficient (Wildman–Crippen LogP) is 2.56. The molecule has 0 saturated heterocycles. The maximum absolute atomic E-state index is 12.6. The zero-order valence-corrected chi connectivity index (χ0v) is 13.3. The van der Waals surface area contributed by atoms with Gasteiger partial charge in [0, 0.05) is 19.1 Å². The van der Waals surface area contributed by atoms with Crippen LogP contribution in [0.1, 0.15) is 33.4 Å². The molecule has 0 saturated carbocycles. The molecule has 2 aromatic carbocycles. The lowest BCUT2D eigenvalue weighted by atomic mass is 9.98. The topological polar surface area (TPSA) is 80.8 Å². The summed E-state index contributed by atoms with van der Waals surface area (Å²) in [7, 11) is 1.55. The minimum atomic E-state index is -0.598. The minimum Gasteiger partial charge on any atom is -0.369 e. The molecule has 24 heavy (non-hydrogen) atoms. The number of aromatic nitrogens is 4. The molecule has 3 rings (SSSR count). The summed E-state index contributed by atoms with van der Waals surface area (Å²) >= 11 is 0. The number of rotatable bonds is 7. The first-order valence-electron chi connectivity index (χ1n) is 7.71. The number of hydrogen-bond acceptors (Lipinski definition) is 5. The molecule has 1 unspecified atom stereocenters. The van der Waals surface area contributed by atoms with E-state index in [2.05, 4.69) is 20.6 Å². The van der Waals surface area contributed by atoms with Crippen molar-refractivity contribution >= 4 is 5.78 Å². The summed E-state index contributed by atoms with van der Waals surface area (Å²) in [6.45, 7) is 0. The Morgan fingerprint density at radius 3 is 2.46 bits per heavy atom. The number of nitrogens with zero attached hydrogens (tertiary/aromatic N) is 3. The molecule has 0 spiro atoms. The number of ether oxygens (including phenoxy) is 1. The number of methoxy groups -OCH3 is 1. The lowest BCUT2D eigenvalue weighted by molar-refractivity contribution is 0.0604. The Morgan fingerprint density at radius 2 is 1.83 bits per heavy atom. The van der Waals surface area contributed by atoms with Gasteiger partial charge < -0.3 is 4.74 Å². The molecule has 0 aliphatic heterocycles. The molecular weight excluding hydrogens is 304 g/mol. The number of aromatic amines is 1.